The van der Waals surface area contributed by atoms with Crippen LogP contribution in [0.2, 0.25) is 0 Å². The zero-order chi connectivity index (χ0) is 15.3. The van der Waals surface area contributed by atoms with E-state index in [0.717, 1.165) is 10.9 Å². The lowest BCUT2D eigenvalue weighted by Crippen LogP contribution is -1.98. The average molecular weight is 359 g/mol. The highest BCUT2D eigenvalue weighted by Crippen LogP contribution is 2.25. The number of benzene rings is 1. The van der Waals surface area contributed by atoms with E-state index in [2.05, 4.69) is 22.9 Å². The van der Waals surface area contributed by atoms with Gasteiger partial charge in [0, 0.05) is 6.07 Å². The zero-order valence-electron chi connectivity index (χ0n) is 13.2. The Bertz CT molecular complexity index is 381. The summed E-state index contributed by atoms with van der Waals surface area (Å²) in [4.78, 5) is 0. The molecule has 0 aliphatic heterocycles. The van der Waals surface area contributed by atoms with Crippen molar-refractivity contribution in [1.29, 1.82) is 0 Å². The normalized spacial score (nSPS) is 10.8. The molecule has 0 heterocycles. The lowest BCUT2D eigenvalue weighted by atomic mass is 10.1. The Morgan fingerprint density at radius 3 is 2.10 bits per heavy atom. The first-order chi connectivity index (χ1) is 10.2. The summed E-state index contributed by atoms with van der Waals surface area (Å²) in [5.74, 6) is 0.349. The molecule has 120 valence electrons. The van der Waals surface area contributed by atoms with E-state index in [-0.39, 0.29) is 5.82 Å². The fraction of sp³-hybridized carbons (Fsp3) is 0.667. The van der Waals surface area contributed by atoms with Crippen LogP contribution in [0.4, 0.5) is 4.39 Å². The van der Waals surface area contributed by atoms with Gasteiger partial charge < -0.3 is 4.74 Å². The molecule has 3 heteroatoms. The number of hydrogen-bond donors (Lipinski definition) is 0. The standard InChI is InChI=1S/C18H28BrFO/c1-2-3-4-5-6-7-8-9-10-11-14-21-18-15-16(20)12-13-17(18)19/h12-13,15H,2-11,14H2,1H3. The van der Waals surface area contributed by atoms with Crippen LogP contribution in [-0.2, 0) is 0 Å². The van der Waals surface area contributed by atoms with E-state index in [9.17, 15) is 4.39 Å². The molecule has 0 unspecified atom stereocenters. The second-order valence-corrected chi connectivity index (χ2v) is 6.46. The van der Waals surface area contributed by atoms with Crippen molar-refractivity contribution in [2.24, 2.45) is 0 Å². The van der Waals surface area contributed by atoms with Crippen molar-refractivity contribution in [2.45, 2.75) is 71.1 Å². The highest BCUT2D eigenvalue weighted by atomic mass is 79.9. The van der Waals surface area contributed by atoms with E-state index in [0.29, 0.717) is 12.4 Å². The first-order valence-corrected chi connectivity index (χ1v) is 9.11. The van der Waals surface area contributed by atoms with Crippen LogP contribution in [0.3, 0.4) is 0 Å². The van der Waals surface area contributed by atoms with Crippen LogP contribution in [0.1, 0.15) is 71.1 Å². The van der Waals surface area contributed by atoms with Crippen molar-refractivity contribution in [3.63, 3.8) is 0 Å². The van der Waals surface area contributed by atoms with Gasteiger partial charge in [0.1, 0.15) is 11.6 Å². The monoisotopic (exact) mass is 358 g/mol. The molecule has 0 aliphatic rings. The third-order valence-electron chi connectivity index (χ3n) is 3.65. The predicted octanol–water partition coefficient (Wildman–Crippen LogP) is 6.89. The third kappa shape index (κ3) is 9.13. The SMILES string of the molecule is CCCCCCCCCCCCOc1cc(F)ccc1Br. The number of hydrogen-bond acceptors (Lipinski definition) is 1. The topological polar surface area (TPSA) is 9.23 Å². The van der Waals surface area contributed by atoms with Crippen LogP contribution in [0.15, 0.2) is 22.7 Å². The predicted molar refractivity (Wildman–Crippen MR) is 91.4 cm³/mol. The van der Waals surface area contributed by atoms with Crippen molar-refractivity contribution in [3.8, 4) is 5.75 Å². The van der Waals surface area contributed by atoms with E-state index in [1.54, 1.807) is 6.07 Å². The van der Waals surface area contributed by atoms with Crippen LogP contribution in [0.25, 0.3) is 0 Å². The molecule has 0 N–H and O–H groups in total. The molecule has 0 aromatic heterocycles. The molecule has 1 aromatic carbocycles. The lowest BCUT2D eigenvalue weighted by molar-refractivity contribution is 0.301. The lowest BCUT2D eigenvalue weighted by Gasteiger charge is -2.08. The molecule has 0 aliphatic carbocycles. The van der Waals surface area contributed by atoms with E-state index >= 15 is 0 Å². The van der Waals surface area contributed by atoms with Crippen LogP contribution in [-0.4, -0.2) is 6.61 Å². The summed E-state index contributed by atoms with van der Waals surface area (Å²) < 4.78 is 19.5. The zero-order valence-corrected chi connectivity index (χ0v) is 14.8. The summed E-state index contributed by atoms with van der Waals surface area (Å²) in [6.45, 7) is 2.92. The number of unbranched alkanes of at least 4 members (excludes halogenated alkanes) is 9. The molecule has 0 amide bonds. The molecule has 0 spiro atoms. The Morgan fingerprint density at radius 2 is 1.48 bits per heavy atom. The molecular formula is C18H28BrFO. The number of ether oxygens (including phenoxy) is 1. The summed E-state index contributed by atoms with van der Waals surface area (Å²) in [5.41, 5.74) is 0. The Kier molecular flexibility index (Phi) is 10.6. The third-order valence-corrected chi connectivity index (χ3v) is 4.30. The van der Waals surface area contributed by atoms with Gasteiger partial charge in [0.15, 0.2) is 0 Å². The molecule has 1 nitrogen and oxygen atoms in total. The molecule has 21 heavy (non-hydrogen) atoms. The van der Waals surface area contributed by atoms with Crippen molar-refractivity contribution < 1.29 is 9.13 Å². The minimum absolute atomic E-state index is 0.253. The molecular weight excluding hydrogens is 331 g/mol. The first kappa shape index (κ1) is 18.5. The largest absolute Gasteiger partial charge is 0.492 e. The fourth-order valence-electron chi connectivity index (χ4n) is 2.36. The molecule has 1 aromatic rings. The van der Waals surface area contributed by atoms with Gasteiger partial charge in [-0.2, -0.15) is 0 Å². The van der Waals surface area contributed by atoms with Crippen LogP contribution >= 0.6 is 15.9 Å². The maximum absolute atomic E-state index is 13.1. The van der Waals surface area contributed by atoms with Gasteiger partial charge in [-0.3, -0.25) is 0 Å². The van der Waals surface area contributed by atoms with E-state index in [4.69, 9.17) is 4.74 Å². The van der Waals surface area contributed by atoms with E-state index in [1.807, 2.05) is 0 Å². The second kappa shape index (κ2) is 12.0. The van der Waals surface area contributed by atoms with Gasteiger partial charge in [0.25, 0.3) is 0 Å². The molecule has 0 radical (unpaired) electrons. The Balaban J connectivity index is 1.94. The van der Waals surface area contributed by atoms with Crippen molar-refractivity contribution >= 4 is 15.9 Å². The Morgan fingerprint density at radius 1 is 0.905 bits per heavy atom. The van der Waals surface area contributed by atoms with Gasteiger partial charge in [-0.25, -0.2) is 4.39 Å². The maximum Gasteiger partial charge on any atom is 0.136 e. The van der Waals surface area contributed by atoms with Gasteiger partial charge in [-0.1, -0.05) is 64.7 Å². The number of rotatable bonds is 12. The Hall–Kier alpha value is -0.570. The highest BCUT2D eigenvalue weighted by Gasteiger charge is 2.02. The smallest absolute Gasteiger partial charge is 0.136 e. The summed E-state index contributed by atoms with van der Waals surface area (Å²) in [6.07, 6.45) is 13.1. The summed E-state index contributed by atoms with van der Waals surface area (Å²) in [5, 5.41) is 0. The van der Waals surface area contributed by atoms with E-state index < -0.39 is 0 Å². The van der Waals surface area contributed by atoms with Crippen molar-refractivity contribution in [3.05, 3.63) is 28.5 Å². The Labute approximate surface area is 137 Å². The maximum atomic E-state index is 13.1. The van der Waals surface area contributed by atoms with Gasteiger partial charge in [-0.05, 0) is 34.5 Å². The highest BCUT2D eigenvalue weighted by molar-refractivity contribution is 9.10. The molecule has 0 saturated heterocycles. The molecule has 0 atom stereocenters. The molecule has 0 bridgehead atoms. The van der Waals surface area contributed by atoms with Crippen LogP contribution in [0, 0.1) is 5.82 Å². The quantitative estimate of drug-likeness (QED) is 0.369. The van der Waals surface area contributed by atoms with Gasteiger partial charge in [0.2, 0.25) is 0 Å². The number of halogens is 2. The fourth-order valence-corrected chi connectivity index (χ4v) is 2.72. The van der Waals surface area contributed by atoms with Crippen LogP contribution in [0.5, 0.6) is 5.75 Å². The minimum atomic E-state index is -0.253. The second-order valence-electron chi connectivity index (χ2n) is 5.61. The minimum Gasteiger partial charge on any atom is -0.492 e. The molecule has 0 fully saturated rings. The van der Waals surface area contributed by atoms with Gasteiger partial charge >= 0.3 is 0 Å². The van der Waals surface area contributed by atoms with Crippen molar-refractivity contribution in [2.75, 3.05) is 6.61 Å². The van der Waals surface area contributed by atoms with Crippen molar-refractivity contribution in [1.82, 2.24) is 0 Å². The molecule has 0 saturated carbocycles. The summed E-state index contributed by atoms with van der Waals surface area (Å²) >= 11 is 3.37. The van der Waals surface area contributed by atoms with Gasteiger partial charge in [0.05, 0.1) is 11.1 Å². The van der Waals surface area contributed by atoms with Crippen LogP contribution < -0.4 is 4.74 Å². The van der Waals surface area contributed by atoms with Gasteiger partial charge in [-0.15, -0.1) is 0 Å². The first-order valence-electron chi connectivity index (χ1n) is 8.32. The van der Waals surface area contributed by atoms with E-state index in [1.165, 1.54) is 69.9 Å². The summed E-state index contributed by atoms with van der Waals surface area (Å²) in [7, 11) is 0. The molecule has 1 rings (SSSR count). The average Bonchev–Trinajstić information content (AvgIpc) is 2.48. The summed E-state index contributed by atoms with van der Waals surface area (Å²) in [6, 6.07) is 4.54.